The van der Waals surface area contributed by atoms with Crippen LogP contribution in [0.2, 0.25) is 0 Å². The van der Waals surface area contributed by atoms with Crippen molar-refractivity contribution in [2.24, 2.45) is 0 Å². The minimum atomic E-state index is -2.00. The Morgan fingerprint density at radius 3 is 2.48 bits per heavy atom. The lowest BCUT2D eigenvalue weighted by Crippen LogP contribution is -2.81. The summed E-state index contributed by atoms with van der Waals surface area (Å²) in [4.78, 5) is 62.8. The standard InChI is InChI=1S/C20H19BrN2O9S/c1-31-20(22-14(24)12(15(25)26)10-5-3-2-4-6-10)18(30)23-13(16(27)28)11(9-33-19(20)23)17(29)32-8-7-21/h2-6,12,19H,7-9H2,1H3,(H,22,24)(H,25,26)(H,27,28)/t12?,19-,20?/m1/s1. The molecule has 11 nitrogen and oxygen atoms in total. The van der Waals surface area contributed by atoms with Crippen LogP contribution in [-0.4, -0.2) is 80.7 Å². The van der Waals surface area contributed by atoms with Crippen molar-refractivity contribution < 1.29 is 43.7 Å². The number of halogens is 1. The number of aliphatic carboxylic acids is 2. The van der Waals surface area contributed by atoms with Gasteiger partial charge < -0.3 is 25.0 Å². The molecule has 1 aromatic rings. The maximum Gasteiger partial charge on any atom is 0.353 e. The molecule has 0 spiro atoms. The summed E-state index contributed by atoms with van der Waals surface area (Å²) in [5, 5.41) is 20.9. The van der Waals surface area contributed by atoms with Crippen LogP contribution >= 0.6 is 27.7 Å². The van der Waals surface area contributed by atoms with Crippen LogP contribution < -0.4 is 5.32 Å². The van der Waals surface area contributed by atoms with Crippen molar-refractivity contribution in [3.05, 3.63) is 47.2 Å². The van der Waals surface area contributed by atoms with Gasteiger partial charge in [0.1, 0.15) is 17.7 Å². The number of carboxylic acid groups (broad SMARTS) is 2. The van der Waals surface area contributed by atoms with Crippen LogP contribution in [0.3, 0.4) is 0 Å². The highest BCUT2D eigenvalue weighted by Gasteiger charge is 2.67. The summed E-state index contributed by atoms with van der Waals surface area (Å²) in [6.45, 7) is 0.00536. The first-order valence-corrected chi connectivity index (χ1v) is 11.7. The molecule has 0 saturated carbocycles. The smallest absolute Gasteiger partial charge is 0.353 e. The number of benzene rings is 1. The summed E-state index contributed by atoms with van der Waals surface area (Å²) in [6.07, 6.45) is 0. The molecule has 13 heteroatoms. The summed E-state index contributed by atoms with van der Waals surface area (Å²) in [7, 11) is 1.14. The zero-order valence-corrected chi connectivity index (χ0v) is 19.6. The Bertz CT molecular complexity index is 1030. The van der Waals surface area contributed by atoms with Crippen LogP contribution in [0, 0.1) is 0 Å². The average molecular weight is 543 g/mol. The van der Waals surface area contributed by atoms with Gasteiger partial charge in [-0.1, -0.05) is 46.3 Å². The van der Waals surface area contributed by atoms with Crippen molar-refractivity contribution in [1.82, 2.24) is 10.2 Å². The van der Waals surface area contributed by atoms with E-state index in [4.69, 9.17) is 9.47 Å². The fourth-order valence-corrected chi connectivity index (χ4v) is 5.14. The molecule has 1 saturated heterocycles. The van der Waals surface area contributed by atoms with Gasteiger partial charge in [0.25, 0.3) is 11.6 Å². The molecule has 2 unspecified atom stereocenters. The molecule has 2 heterocycles. The van der Waals surface area contributed by atoms with Gasteiger partial charge in [-0.2, -0.15) is 0 Å². The van der Waals surface area contributed by atoms with Crippen molar-refractivity contribution in [1.29, 1.82) is 0 Å². The number of amides is 2. The summed E-state index contributed by atoms with van der Waals surface area (Å²) >= 11 is 4.08. The van der Waals surface area contributed by atoms with Gasteiger partial charge in [-0.25, -0.2) is 9.59 Å². The highest BCUT2D eigenvalue weighted by Crippen LogP contribution is 2.47. The second-order valence-electron chi connectivity index (χ2n) is 6.91. The molecule has 176 valence electrons. The Balaban J connectivity index is 1.91. The second-order valence-corrected chi connectivity index (χ2v) is 8.77. The Hall–Kier alpha value is -2.90. The van der Waals surface area contributed by atoms with Crippen LogP contribution in [0.4, 0.5) is 0 Å². The van der Waals surface area contributed by atoms with Gasteiger partial charge in [0.2, 0.25) is 5.91 Å². The van der Waals surface area contributed by atoms with E-state index >= 15 is 0 Å². The van der Waals surface area contributed by atoms with Gasteiger partial charge in [0, 0.05) is 18.2 Å². The lowest BCUT2D eigenvalue weighted by molar-refractivity contribution is -0.193. The zero-order chi connectivity index (χ0) is 24.3. The average Bonchev–Trinajstić information content (AvgIpc) is 2.80. The molecule has 3 N–H and O–H groups in total. The molecule has 1 aromatic carbocycles. The lowest BCUT2D eigenvalue weighted by atomic mass is 9.94. The molecule has 3 rings (SSSR count). The first-order valence-electron chi connectivity index (χ1n) is 9.49. The summed E-state index contributed by atoms with van der Waals surface area (Å²) < 4.78 is 10.3. The molecule has 33 heavy (non-hydrogen) atoms. The van der Waals surface area contributed by atoms with Gasteiger partial charge in [0.15, 0.2) is 5.92 Å². The monoisotopic (exact) mass is 542 g/mol. The van der Waals surface area contributed by atoms with E-state index in [1.165, 1.54) is 12.1 Å². The van der Waals surface area contributed by atoms with Crippen LogP contribution in [0.15, 0.2) is 41.6 Å². The predicted molar refractivity (Wildman–Crippen MR) is 117 cm³/mol. The number of nitrogens with one attached hydrogen (secondary N) is 1. The number of ether oxygens (including phenoxy) is 2. The number of rotatable bonds is 9. The van der Waals surface area contributed by atoms with Crippen molar-refractivity contribution in [2.45, 2.75) is 17.0 Å². The number of alkyl halides is 1. The van der Waals surface area contributed by atoms with Crippen LogP contribution in [0.5, 0.6) is 0 Å². The third-order valence-corrected chi connectivity index (χ3v) is 6.70. The topological polar surface area (TPSA) is 160 Å². The number of esters is 1. The van der Waals surface area contributed by atoms with Crippen molar-refractivity contribution >= 4 is 57.4 Å². The van der Waals surface area contributed by atoms with E-state index in [9.17, 15) is 34.2 Å². The molecule has 2 amide bonds. The van der Waals surface area contributed by atoms with E-state index < -0.39 is 52.4 Å². The van der Waals surface area contributed by atoms with E-state index in [0.717, 1.165) is 23.8 Å². The minimum absolute atomic E-state index is 0.00536. The van der Waals surface area contributed by atoms with Gasteiger partial charge in [-0.05, 0) is 5.56 Å². The first kappa shape index (κ1) is 24.7. The number of carbonyl (C=O) groups excluding carboxylic acids is 3. The van der Waals surface area contributed by atoms with Gasteiger partial charge in [-0.15, -0.1) is 11.8 Å². The largest absolute Gasteiger partial charge is 0.480 e. The maximum absolute atomic E-state index is 13.1. The normalized spacial score (nSPS) is 22.7. The number of hydrogen-bond donors (Lipinski definition) is 3. The van der Waals surface area contributed by atoms with E-state index in [2.05, 4.69) is 21.2 Å². The van der Waals surface area contributed by atoms with E-state index in [1.807, 2.05) is 0 Å². The Kier molecular flexibility index (Phi) is 7.44. The predicted octanol–water partition coefficient (Wildman–Crippen LogP) is 0.506. The van der Waals surface area contributed by atoms with Crippen LogP contribution in [0.25, 0.3) is 0 Å². The first-order chi connectivity index (χ1) is 15.7. The zero-order valence-electron chi connectivity index (χ0n) is 17.1. The molecule has 0 aromatic heterocycles. The molecule has 2 aliphatic rings. The number of nitrogens with zero attached hydrogens (tertiary/aromatic N) is 1. The van der Waals surface area contributed by atoms with Gasteiger partial charge in [0.05, 0.1) is 5.57 Å². The van der Waals surface area contributed by atoms with Crippen molar-refractivity contribution in [3.63, 3.8) is 0 Å². The minimum Gasteiger partial charge on any atom is -0.480 e. The molecular weight excluding hydrogens is 524 g/mol. The fraction of sp³-hybridized carbons (Fsp3) is 0.350. The molecule has 0 radical (unpaired) electrons. The Morgan fingerprint density at radius 2 is 1.94 bits per heavy atom. The van der Waals surface area contributed by atoms with Crippen molar-refractivity contribution in [3.8, 4) is 0 Å². The van der Waals surface area contributed by atoms with Gasteiger partial charge >= 0.3 is 17.9 Å². The number of β-lactam (4-membered cyclic amide) rings is 1. The quantitative estimate of drug-likeness (QED) is 0.132. The molecule has 1 fully saturated rings. The lowest BCUT2D eigenvalue weighted by Gasteiger charge is -2.55. The number of methoxy groups -OCH3 is 1. The Morgan fingerprint density at radius 1 is 1.27 bits per heavy atom. The molecular formula is C20H19BrN2O9S. The maximum atomic E-state index is 13.1. The Labute approximate surface area is 200 Å². The van der Waals surface area contributed by atoms with Crippen LogP contribution in [-0.2, 0) is 33.4 Å². The number of hydrogen-bond acceptors (Lipinski definition) is 8. The molecule has 2 aliphatic heterocycles. The molecule has 0 bridgehead atoms. The molecule has 0 aliphatic carbocycles. The fourth-order valence-electron chi connectivity index (χ4n) is 3.56. The van der Waals surface area contributed by atoms with E-state index in [1.54, 1.807) is 18.2 Å². The third-order valence-electron chi connectivity index (χ3n) is 5.06. The summed E-state index contributed by atoms with van der Waals surface area (Å²) in [5.41, 5.74) is -2.59. The number of carbonyl (C=O) groups is 5. The number of fused-ring (bicyclic) bond motifs is 1. The highest BCUT2D eigenvalue weighted by molar-refractivity contribution is 9.09. The van der Waals surface area contributed by atoms with E-state index in [0.29, 0.717) is 5.33 Å². The van der Waals surface area contributed by atoms with Crippen molar-refractivity contribution in [2.75, 3.05) is 24.8 Å². The SMILES string of the molecule is COC1(NC(=O)C(C(=O)O)c2ccccc2)C(=O)N2C(C(=O)O)=C(C(=O)OCCBr)CS[C@@H]21. The summed E-state index contributed by atoms with van der Waals surface area (Å²) in [5.74, 6) is -7.55. The van der Waals surface area contributed by atoms with E-state index in [-0.39, 0.29) is 23.5 Å². The summed E-state index contributed by atoms with van der Waals surface area (Å²) in [6, 6.07) is 7.70. The highest BCUT2D eigenvalue weighted by atomic mass is 79.9. The molecule has 3 atom stereocenters. The number of carboxylic acids is 2. The van der Waals surface area contributed by atoms with Gasteiger partial charge in [-0.3, -0.25) is 19.3 Å². The van der Waals surface area contributed by atoms with Crippen LogP contribution in [0.1, 0.15) is 11.5 Å². The second kappa shape index (κ2) is 9.93. The third kappa shape index (κ3) is 4.35. The number of thioether (sulfide) groups is 1.